The summed E-state index contributed by atoms with van der Waals surface area (Å²) < 4.78 is 32.4. The molecule has 0 fully saturated rings. The molecule has 10 nitrogen and oxygen atoms in total. The quantitative estimate of drug-likeness (QED) is 0.332. The summed E-state index contributed by atoms with van der Waals surface area (Å²) in [5.74, 6) is 0.186. The number of hydrogen-bond donors (Lipinski definition) is 2. The fraction of sp³-hybridized carbons (Fsp3) is 0.316. The molecular weight excluding hydrogens is 412 g/mol. The van der Waals surface area contributed by atoms with Gasteiger partial charge in [0, 0.05) is 30.8 Å². The van der Waals surface area contributed by atoms with E-state index in [4.69, 9.17) is 4.74 Å². The Kier molecular flexibility index (Phi) is 7.72. The van der Waals surface area contributed by atoms with Gasteiger partial charge in [0.1, 0.15) is 4.90 Å². The summed E-state index contributed by atoms with van der Waals surface area (Å²) in [7, 11) is -3.98. The zero-order valence-corrected chi connectivity index (χ0v) is 17.7. The lowest BCUT2D eigenvalue weighted by Crippen LogP contribution is -2.31. The summed E-state index contributed by atoms with van der Waals surface area (Å²) in [6.07, 6.45) is 1.30. The number of para-hydroxylation sites is 1. The molecule has 0 amide bonds. The van der Waals surface area contributed by atoms with Gasteiger partial charge in [0.2, 0.25) is 10.0 Å². The highest BCUT2D eigenvalue weighted by Gasteiger charge is 2.27. The van der Waals surface area contributed by atoms with Crippen LogP contribution in [0.25, 0.3) is 0 Å². The van der Waals surface area contributed by atoms with E-state index in [-0.39, 0.29) is 35.1 Å². The van der Waals surface area contributed by atoms with E-state index >= 15 is 0 Å². The van der Waals surface area contributed by atoms with Crippen LogP contribution in [0.5, 0.6) is 11.5 Å². The fourth-order valence-corrected chi connectivity index (χ4v) is 4.34. The first-order chi connectivity index (χ1) is 14.3. The van der Waals surface area contributed by atoms with Gasteiger partial charge in [0.25, 0.3) is 5.69 Å². The molecule has 2 rings (SSSR count). The molecule has 2 aromatic carbocycles. The Balaban J connectivity index is 2.42. The topological polar surface area (TPSA) is 134 Å². The van der Waals surface area contributed by atoms with Gasteiger partial charge in [-0.3, -0.25) is 15.5 Å². The van der Waals surface area contributed by atoms with E-state index in [1.165, 1.54) is 22.7 Å². The standard InChI is InChI=1S/C19H24N4O6S/c1-4-22(5-2)30(27,28)18-12-15(23(25)26)10-11-16(18)21-20-13-14-8-7-9-17(19(14)24)29-6-3/h7-13,21,24H,4-6H2,1-3H3. The van der Waals surface area contributed by atoms with Crippen molar-refractivity contribution in [2.75, 3.05) is 25.1 Å². The van der Waals surface area contributed by atoms with Gasteiger partial charge in [-0.15, -0.1) is 0 Å². The third kappa shape index (κ3) is 5.05. The molecule has 0 unspecified atom stereocenters. The second kappa shape index (κ2) is 10.0. The van der Waals surface area contributed by atoms with Crippen molar-refractivity contribution in [1.29, 1.82) is 0 Å². The van der Waals surface area contributed by atoms with Crippen LogP contribution in [0.1, 0.15) is 26.3 Å². The molecule has 2 N–H and O–H groups in total. The van der Waals surface area contributed by atoms with Gasteiger partial charge in [-0.2, -0.15) is 9.41 Å². The molecule has 2 aromatic rings. The zero-order chi connectivity index (χ0) is 22.3. The van der Waals surface area contributed by atoms with Crippen molar-refractivity contribution in [2.45, 2.75) is 25.7 Å². The van der Waals surface area contributed by atoms with Crippen molar-refractivity contribution in [2.24, 2.45) is 5.10 Å². The molecule has 0 radical (unpaired) electrons. The third-order valence-electron chi connectivity index (χ3n) is 4.22. The van der Waals surface area contributed by atoms with E-state index in [2.05, 4.69) is 10.5 Å². The first kappa shape index (κ1) is 23.1. The number of benzene rings is 2. The molecule has 0 spiro atoms. The first-order valence-corrected chi connectivity index (χ1v) is 10.7. The van der Waals surface area contributed by atoms with E-state index in [0.717, 1.165) is 6.07 Å². The van der Waals surface area contributed by atoms with Gasteiger partial charge in [-0.1, -0.05) is 19.9 Å². The second-order valence-electron chi connectivity index (χ2n) is 6.02. The number of rotatable bonds is 10. The summed E-state index contributed by atoms with van der Waals surface area (Å²) in [5.41, 5.74) is 2.68. The van der Waals surface area contributed by atoms with Crippen LogP contribution in [-0.2, 0) is 10.0 Å². The van der Waals surface area contributed by atoms with Gasteiger partial charge in [0.15, 0.2) is 11.5 Å². The van der Waals surface area contributed by atoms with E-state index in [0.29, 0.717) is 17.9 Å². The highest BCUT2D eigenvalue weighted by atomic mass is 32.2. The van der Waals surface area contributed by atoms with Gasteiger partial charge in [-0.25, -0.2) is 8.42 Å². The minimum Gasteiger partial charge on any atom is -0.504 e. The molecule has 30 heavy (non-hydrogen) atoms. The molecule has 0 saturated carbocycles. The van der Waals surface area contributed by atoms with Gasteiger partial charge >= 0.3 is 0 Å². The molecule has 0 saturated heterocycles. The van der Waals surface area contributed by atoms with Crippen LogP contribution in [0.2, 0.25) is 0 Å². The molecule has 11 heteroatoms. The Bertz CT molecular complexity index is 1040. The van der Waals surface area contributed by atoms with Crippen molar-refractivity contribution in [1.82, 2.24) is 4.31 Å². The first-order valence-electron chi connectivity index (χ1n) is 9.28. The Morgan fingerprint density at radius 1 is 1.23 bits per heavy atom. The Hall–Kier alpha value is -3.18. The maximum atomic E-state index is 12.9. The van der Waals surface area contributed by atoms with Crippen molar-refractivity contribution < 1.29 is 23.2 Å². The molecule has 0 atom stereocenters. The Morgan fingerprint density at radius 3 is 2.53 bits per heavy atom. The number of anilines is 1. The molecule has 162 valence electrons. The van der Waals surface area contributed by atoms with Gasteiger partial charge in [-0.05, 0) is 25.1 Å². The molecule has 0 aromatic heterocycles. The smallest absolute Gasteiger partial charge is 0.270 e. The minimum absolute atomic E-state index is 0.0733. The number of phenolic OH excluding ortho intramolecular Hbond substituents is 1. The van der Waals surface area contributed by atoms with Crippen LogP contribution in [-0.4, -0.2) is 48.7 Å². The molecule has 0 aliphatic heterocycles. The number of non-ortho nitro benzene ring substituents is 1. The number of nitro benzene ring substituents is 1. The number of nitro groups is 1. The molecular formula is C19H24N4O6S. The summed E-state index contributed by atoms with van der Waals surface area (Å²) in [6.45, 7) is 5.94. The van der Waals surface area contributed by atoms with E-state index in [1.54, 1.807) is 39.0 Å². The Labute approximate surface area is 175 Å². The third-order valence-corrected chi connectivity index (χ3v) is 6.31. The predicted molar refractivity (Wildman–Crippen MR) is 114 cm³/mol. The SMILES string of the molecule is CCOc1cccc(C=NNc2ccc([N+](=O)[O-])cc2S(=O)(=O)N(CC)CC)c1O. The van der Waals surface area contributed by atoms with E-state index in [1.807, 2.05) is 0 Å². The largest absolute Gasteiger partial charge is 0.504 e. The van der Waals surface area contributed by atoms with Crippen LogP contribution in [0.3, 0.4) is 0 Å². The number of nitrogens with one attached hydrogen (secondary N) is 1. The number of phenols is 1. The molecule has 0 aliphatic rings. The fourth-order valence-electron chi connectivity index (χ4n) is 2.72. The number of aromatic hydroxyl groups is 1. The van der Waals surface area contributed by atoms with Crippen LogP contribution < -0.4 is 10.2 Å². The molecule has 0 heterocycles. The highest BCUT2D eigenvalue weighted by molar-refractivity contribution is 7.89. The lowest BCUT2D eigenvalue weighted by atomic mass is 10.2. The van der Waals surface area contributed by atoms with Crippen molar-refractivity contribution in [3.8, 4) is 11.5 Å². The normalized spacial score (nSPS) is 11.7. The van der Waals surface area contributed by atoms with Gasteiger partial charge < -0.3 is 9.84 Å². The number of ether oxygens (including phenoxy) is 1. The summed E-state index contributed by atoms with van der Waals surface area (Å²) in [6, 6.07) is 8.35. The highest BCUT2D eigenvalue weighted by Crippen LogP contribution is 2.30. The number of sulfonamides is 1. The lowest BCUT2D eigenvalue weighted by Gasteiger charge is -2.20. The van der Waals surface area contributed by atoms with E-state index < -0.39 is 14.9 Å². The predicted octanol–water partition coefficient (Wildman–Crippen LogP) is 3.18. The summed E-state index contributed by atoms with van der Waals surface area (Å²) >= 11 is 0. The minimum atomic E-state index is -3.98. The van der Waals surface area contributed by atoms with Crippen LogP contribution >= 0.6 is 0 Å². The molecule has 0 aliphatic carbocycles. The zero-order valence-electron chi connectivity index (χ0n) is 16.9. The van der Waals surface area contributed by atoms with Crippen LogP contribution in [0.4, 0.5) is 11.4 Å². The number of hydrazone groups is 1. The Morgan fingerprint density at radius 2 is 1.93 bits per heavy atom. The van der Waals surface area contributed by atoms with Crippen molar-refractivity contribution in [3.63, 3.8) is 0 Å². The number of nitrogens with zero attached hydrogens (tertiary/aromatic N) is 3. The van der Waals surface area contributed by atoms with Crippen molar-refractivity contribution >= 4 is 27.6 Å². The van der Waals surface area contributed by atoms with Gasteiger partial charge in [0.05, 0.1) is 23.4 Å². The maximum Gasteiger partial charge on any atom is 0.270 e. The van der Waals surface area contributed by atoms with E-state index in [9.17, 15) is 23.6 Å². The average Bonchev–Trinajstić information content (AvgIpc) is 2.71. The monoisotopic (exact) mass is 436 g/mol. The number of hydrogen-bond acceptors (Lipinski definition) is 8. The lowest BCUT2D eigenvalue weighted by molar-refractivity contribution is -0.385. The summed E-state index contributed by atoms with van der Waals surface area (Å²) in [4.78, 5) is 10.2. The van der Waals surface area contributed by atoms with Crippen molar-refractivity contribution in [3.05, 3.63) is 52.1 Å². The second-order valence-corrected chi connectivity index (χ2v) is 7.93. The molecule has 0 bridgehead atoms. The average molecular weight is 436 g/mol. The maximum absolute atomic E-state index is 12.9. The van der Waals surface area contributed by atoms with Crippen LogP contribution in [0.15, 0.2) is 46.4 Å². The van der Waals surface area contributed by atoms with Crippen LogP contribution in [0, 0.1) is 10.1 Å². The summed E-state index contributed by atoms with van der Waals surface area (Å²) in [5, 5.41) is 25.3.